The van der Waals surface area contributed by atoms with E-state index in [4.69, 9.17) is 0 Å². The smallest absolute Gasteiger partial charge is 0.189 e. The topological polar surface area (TPSA) is 28.2 Å². The molecule has 1 aromatic carbocycles. The third-order valence-electron chi connectivity index (χ3n) is 2.57. The fourth-order valence-corrected chi connectivity index (χ4v) is 2.47. The number of hydrogen-bond donors (Lipinski definition) is 1. The molecule has 3 nitrogen and oxygen atoms in total. The van der Waals surface area contributed by atoms with Crippen molar-refractivity contribution in [2.24, 2.45) is 0 Å². The summed E-state index contributed by atoms with van der Waals surface area (Å²) < 4.78 is 0. The van der Waals surface area contributed by atoms with Crippen LogP contribution in [0.3, 0.4) is 0 Å². The number of aryl methyl sites for hydroxylation is 1. The normalized spacial score (nSPS) is 10.5. The van der Waals surface area contributed by atoms with Crippen molar-refractivity contribution < 1.29 is 0 Å². The third kappa shape index (κ3) is 2.84. The third-order valence-corrected chi connectivity index (χ3v) is 3.54. The molecule has 0 unspecified atom stereocenters. The first-order chi connectivity index (χ1) is 8.20. The molecule has 2 aromatic rings. The average Bonchev–Trinajstić information content (AvgIpc) is 2.77. The minimum Gasteiger partial charge on any atom is -0.321 e. The first kappa shape index (κ1) is 12.1. The van der Waals surface area contributed by atoms with Gasteiger partial charge in [0.1, 0.15) is 0 Å². The van der Waals surface area contributed by atoms with Crippen LogP contribution in [0, 0.1) is 6.92 Å². The van der Waals surface area contributed by atoms with Crippen LogP contribution >= 0.6 is 11.3 Å². The molecule has 0 aliphatic carbocycles. The number of aromatic nitrogens is 1. The summed E-state index contributed by atoms with van der Waals surface area (Å²) in [6.07, 6.45) is 0. The van der Waals surface area contributed by atoms with Gasteiger partial charge >= 0.3 is 0 Å². The molecule has 2 rings (SSSR count). The summed E-state index contributed by atoms with van der Waals surface area (Å²) >= 11 is 1.67. The second-order valence-electron chi connectivity index (χ2n) is 4.05. The Kier molecular flexibility index (Phi) is 3.76. The lowest BCUT2D eigenvalue weighted by atomic mass is 10.2. The van der Waals surface area contributed by atoms with Crippen LogP contribution in [0.15, 0.2) is 29.6 Å². The van der Waals surface area contributed by atoms with Crippen LogP contribution in [0.1, 0.15) is 11.3 Å². The Labute approximate surface area is 106 Å². The van der Waals surface area contributed by atoms with Crippen LogP contribution < -0.4 is 10.2 Å². The molecule has 4 heteroatoms. The first-order valence-corrected chi connectivity index (χ1v) is 6.48. The molecule has 0 atom stereocenters. The summed E-state index contributed by atoms with van der Waals surface area (Å²) in [5.74, 6) is 0. The Morgan fingerprint density at radius 3 is 2.94 bits per heavy atom. The second-order valence-corrected chi connectivity index (χ2v) is 4.89. The Hall–Kier alpha value is -1.39. The fraction of sp³-hybridized carbons (Fsp3) is 0.308. The van der Waals surface area contributed by atoms with Crippen LogP contribution in [0.2, 0.25) is 0 Å². The molecule has 0 aliphatic rings. The van der Waals surface area contributed by atoms with Crippen molar-refractivity contribution in [2.45, 2.75) is 13.5 Å². The maximum absolute atomic E-state index is 4.59. The maximum Gasteiger partial charge on any atom is 0.189 e. The van der Waals surface area contributed by atoms with Crippen LogP contribution in [0.5, 0.6) is 0 Å². The van der Waals surface area contributed by atoms with Gasteiger partial charge in [0.2, 0.25) is 0 Å². The van der Waals surface area contributed by atoms with E-state index in [1.807, 2.05) is 7.05 Å². The standard InChI is InChI=1S/C13H17N3S/c1-10-5-4-6-12(7-10)16(3)13-15-11(8-14-2)9-17-13/h4-7,9,14H,8H2,1-3H3. The van der Waals surface area contributed by atoms with Gasteiger partial charge in [-0.05, 0) is 31.7 Å². The number of thiazole rings is 1. The number of nitrogens with one attached hydrogen (secondary N) is 1. The summed E-state index contributed by atoms with van der Waals surface area (Å²) in [5.41, 5.74) is 3.53. The van der Waals surface area contributed by atoms with E-state index in [1.54, 1.807) is 11.3 Å². The van der Waals surface area contributed by atoms with Gasteiger partial charge in [0.15, 0.2) is 5.13 Å². The van der Waals surface area contributed by atoms with Crippen molar-refractivity contribution >= 4 is 22.2 Å². The molecule has 0 radical (unpaired) electrons. The number of rotatable bonds is 4. The molecule has 1 aromatic heterocycles. The number of anilines is 2. The van der Waals surface area contributed by atoms with Gasteiger partial charge in [-0.15, -0.1) is 11.3 Å². The number of nitrogens with zero attached hydrogens (tertiary/aromatic N) is 2. The van der Waals surface area contributed by atoms with Crippen molar-refractivity contribution in [2.75, 3.05) is 19.0 Å². The van der Waals surface area contributed by atoms with Crippen molar-refractivity contribution in [3.05, 3.63) is 40.9 Å². The van der Waals surface area contributed by atoms with E-state index in [0.717, 1.165) is 17.4 Å². The summed E-state index contributed by atoms with van der Waals surface area (Å²) in [5, 5.41) is 6.23. The van der Waals surface area contributed by atoms with E-state index >= 15 is 0 Å². The van der Waals surface area contributed by atoms with Gasteiger partial charge in [-0.2, -0.15) is 0 Å². The maximum atomic E-state index is 4.59. The quantitative estimate of drug-likeness (QED) is 0.900. The molecule has 90 valence electrons. The van der Waals surface area contributed by atoms with Gasteiger partial charge in [0.05, 0.1) is 5.69 Å². The minimum absolute atomic E-state index is 0.818. The molecule has 0 spiro atoms. The van der Waals surface area contributed by atoms with Crippen LogP contribution in [-0.4, -0.2) is 19.1 Å². The largest absolute Gasteiger partial charge is 0.321 e. The van der Waals surface area contributed by atoms with Gasteiger partial charge in [0.25, 0.3) is 0 Å². The Morgan fingerprint density at radius 2 is 2.24 bits per heavy atom. The van der Waals surface area contributed by atoms with Gasteiger partial charge in [0, 0.05) is 24.7 Å². The van der Waals surface area contributed by atoms with Gasteiger partial charge in [-0.1, -0.05) is 12.1 Å². The highest BCUT2D eigenvalue weighted by atomic mass is 32.1. The average molecular weight is 247 g/mol. The molecule has 0 fully saturated rings. The predicted molar refractivity (Wildman–Crippen MR) is 74.1 cm³/mol. The Balaban J connectivity index is 2.21. The summed E-state index contributed by atoms with van der Waals surface area (Å²) in [6.45, 7) is 2.92. The van der Waals surface area contributed by atoms with Gasteiger partial charge in [-0.3, -0.25) is 0 Å². The van der Waals surface area contributed by atoms with E-state index in [9.17, 15) is 0 Å². The van der Waals surface area contributed by atoms with Gasteiger partial charge in [-0.25, -0.2) is 4.98 Å². The monoisotopic (exact) mass is 247 g/mol. The Bertz CT molecular complexity index is 493. The molecule has 0 amide bonds. The van der Waals surface area contributed by atoms with Crippen LogP contribution in [0.25, 0.3) is 0 Å². The van der Waals surface area contributed by atoms with Crippen molar-refractivity contribution in [3.63, 3.8) is 0 Å². The molecule has 1 N–H and O–H groups in total. The molecule has 1 heterocycles. The second kappa shape index (κ2) is 5.29. The zero-order valence-electron chi connectivity index (χ0n) is 10.4. The van der Waals surface area contributed by atoms with Crippen molar-refractivity contribution in [3.8, 4) is 0 Å². The summed E-state index contributed by atoms with van der Waals surface area (Å²) in [6, 6.07) is 8.44. The minimum atomic E-state index is 0.818. The summed E-state index contributed by atoms with van der Waals surface area (Å²) in [4.78, 5) is 6.71. The summed E-state index contributed by atoms with van der Waals surface area (Å²) in [7, 11) is 3.99. The lowest BCUT2D eigenvalue weighted by molar-refractivity contribution is 0.797. The highest BCUT2D eigenvalue weighted by molar-refractivity contribution is 7.13. The highest BCUT2D eigenvalue weighted by Gasteiger charge is 2.08. The zero-order valence-corrected chi connectivity index (χ0v) is 11.2. The lowest BCUT2D eigenvalue weighted by Gasteiger charge is -2.16. The van der Waals surface area contributed by atoms with Crippen LogP contribution in [0.4, 0.5) is 10.8 Å². The van der Waals surface area contributed by atoms with E-state index < -0.39 is 0 Å². The molecule has 0 aliphatic heterocycles. The van der Waals surface area contributed by atoms with Crippen LogP contribution in [-0.2, 0) is 6.54 Å². The number of hydrogen-bond acceptors (Lipinski definition) is 4. The lowest BCUT2D eigenvalue weighted by Crippen LogP contribution is -2.10. The van der Waals surface area contributed by atoms with E-state index in [-0.39, 0.29) is 0 Å². The van der Waals surface area contributed by atoms with Crippen molar-refractivity contribution in [1.29, 1.82) is 0 Å². The Morgan fingerprint density at radius 1 is 1.41 bits per heavy atom. The molecule has 0 saturated carbocycles. The van der Waals surface area contributed by atoms with Gasteiger partial charge < -0.3 is 10.2 Å². The first-order valence-electron chi connectivity index (χ1n) is 5.60. The molecule has 0 bridgehead atoms. The van der Waals surface area contributed by atoms with E-state index in [0.29, 0.717) is 0 Å². The predicted octanol–water partition coefficient (Wildman–Crippen LogP) is 2.94. The van der Waals surface area contributed by atoms with E-state index in [1.165, 1.54) is 11.3 Å². The highest BCUT2D eigenvalue weighted by Crippen LogP contribution is 2.27. The SMILES string of the molecule is CNCc1csc(N(C)c2cccc(C)c2)n1. The van der Waals surface area contributed by atoms with E-state index in [2.05, 4.69) is 58.8 Å². The molecule has 17 heavy (non-hydrogen) atoms. The molecular formula is C13H17N3S. The van der Waals surface area contributed by atoms with Crippen molar-refractivity contribution in [1.82, 2.24) is 10.3 Å². The zero-order chi connectivity index (χ0) is 12.3. The number of benzene rings is 1. The molecule has 0 saturated heterocycles. The fourth-order valence-electron chi connectivity index (χ4n) is 1.66. The molecular weight excluding hydrogens is 230 g/mol.